The molecule has 0 saturated carbocycles. The number of carboxylic acid groups (broad SMARTS) is 2. The third-order valence-corrected chi connectivity index (χ3v) is 16.5. The number of aliphatic imine (C=N–C) groups is 2. The fraction of sp³-hybridized carbons (Fsp3) is 0.360. The van der Waals surface area contributed by atoms with Crippen LogP contribution >= 0.6 is 0 Å². The first-order valence-corrected chi connectivity index (χ1v) is 29.4. The van der Waals surface area contributed by atoms with Gasteiger partial charge in [-0.15, -0.1) is 0 Å². The van der Waals surface area contributed by atoms with Gasteiger partial charge in [-0.2, -0.15) is 0 Å². The molecular weight excluding hydrogens is 990 g/mol. The van der Waals surface area contributed by atoms with Crippen LogP contribution in [0.5, 0.6) is 11.5 Å². The Kier molecular flexibility index (Phi) is 32.2. The molecule has 5 aromatic rings. The maximum atomic E-state index is 11.5. The largest absolute Gasteiger partial charge is 0.871 e. The third-order valence-electron chi connectivity index (χ3n) is 8.46. The van der Waals surface area contributed by atoms with Gasteiger partial charge in [0, 0.05) is 12.4 Å². The quantitative estimate of drug-likeness (QED) is 0.0474. The zero-order valence-electron chi connectivity index (χ0n) is 37.3. The van der Waals surface area contributed by atoms with Crippen LogP contribution < -0.4 is 20.4 Å². The van der Waals surface area contributed by atoms with Crippen molar-refractivity contribution in [2.45, 2.75) is 111 Å². The maximum absolute atomic E-state index is 11.5. The molecule has 62 heavy (non-hydrogen) atoms. The Morgan fingerprint density at radius 1 is 0.532 bits per heavy atom. The summed E-state index contributed by atoms with van der Waals surface area (Å²) in [4.78, 5) is 36.9. The molecule has 0 radical (unpaired) electrons. The smallest absolute Gasteiger partial charge is 0.0812 e. The molecule has 10 nitrogen and oxygen atoms in total. The molecule has 0 fully saturated rings. The number of aromatic nitrogens is 2. The molecule has 0 unspecified atom stereocenters. The number of nitrogens with zero attached hydrogens (tertiary/aromatic N) is 4. The molecule has 0 amide bonds. The molecule has 0 aliphatic rings. The topological polar surface area (TPSA) is 177 Å². The van der Waals surface area contributed by atoms with Gasteiger partial charge in [-0.05, 0) is 72.5 Å². The molecule has 0 N–H and O–H groups in total. The normalized spacial score (nSPS) is 10.0. The first-order chi connectivity index (χ1) is 29.9. The van der Waals surface area contributed by atoms with Gasteiger partial charge in [0.15, 0.2) is 0 Å². The van der Waals surface area contributed by atoms with Gasteiger partial charge in [-0.1, -0.05) is 72.2 Å². The maximum Gasteiger partial charge on any atom is 0.0812 e. The summed E-state index contributed by atoms with van der Waals surface area (Å²) in [5, 5.41) is 43.3. The van der Waals surface area contributed by atoms with E-state index in [1.807, 2.05) is 50.2 Å². The molecule has 0 bridgehead atoms. The van der Waals surface area contributed by atoms with Crippen molar-refractivity contribution < 1.29 is 30.0 Å². The number of carboxylic acids is 2. The van der Waals surface area contributed by atoms with Crippen LogP contribution in [0, 0.1) is 13.8 Å². The second kappa shape index (κ2) is 36.0. The van der Waals surface area contributed by atoms with Gasteiger partial charge in [0.25, 0.3) is 0 Å². The van der Waals surface area contributed by atoms with Crippen LogP contribution in [-0.4, -0.2) is 76.6 Å². The fourth-order valence-electron chi connectivity index (χ4n) is 4.83. The standard InChI is InChI=1S/2C13H12N2O.C8H6O4.4C4H9.2Sn/c2*1-10-5-6-13(16)12(8-10)15-9-11-4-2-3-7-14-11;9-7(10)5-1-2-6(4-3-5)8(11)12;4*1-3-4-2;;/h2*2-9,16H,1H3;1-4H,(H,9,10)(H,11,12);4*1,3-4H2,2H3;;/q;;;;;;;2*+2/p-4. The molecule has 12 heteroatoms. The van der Waals surface area contributed by atoms with Crippen LogP contribution in [0.3, 0.4) is 0 Å². The fourth-order valence-corrected chi connectivity index (χ4v) is 13.1. The monoisotopic (exact) mass is 1050 g/mol. The van der Waals surface area contributed by atoms with Crippen molar-refractivity contribution in [2.24, 2.45) is 9.98 Å². The predicted octanol–water partition coefficient (Wildman–Crippen LogP) is 9.10. The number of unbranched alkanes of at least 4 members (excludes halogenated alkanes) is 4. The Bertz CT molecular complexity index is 1840. The number of hydrogen-bond donors (Lipinski definition) is 0. The van der Waals surface area contributed by atoms with Crippen molar-refractivity contribution in [3.63, 3.8) is 0 Å². The third kappa shape index (κ3) is 27.4. The Morgan fingerprint density at radius 3 is 1.15 bits per heavy atom. The van der Waals surface area contributed by atoms with Crippen molar-refractivity contribution in [1.82, 2.24) is 9.97 Å². The number of carbonyl (C=O) groups excluding carboxylic acids is 2. The minimum absolute atomic E-state index is 0.0556. The molecular formula is C50H62N4O6Sn2. The van der Waals surface area contributed by atoms with E-state index in [4.69, 9.17) is 0 Å². The van der Waals surface area contributed by atoms with E-state index in [1.54, 1.807) is 66.8 Å². The van der Waals surface area contributed by atoms with Crippen LogP contribution in [0.15, 0.2) is 119 Å². The van der Waals surface area contributed by atoms with E-state index in [-0.39, 0.29) is 64.9 Å². The Labute approximate surface area is 390 Å². The number of carbonyl (C=O) groups is 2. The van der Waals surface area contributed by atoms with E-state index >= 15 is 0 Å². The number of rotatable bonds is 18. The molecule has 5 rings (SSSR count). The zero-order valence-corrected chi connectivity index (χ0v) is 43.0. The first kappa shape index (κ1) is 55.5. The van der Waals surface area contributed by atoms with Crippen LogP contribution in [0.1, 0.15) is 122 Å². The summed E-state index contributed by atoms with van der Waals surface area (Å²) in [5.41, 5.74) is 4.31. The van der Waals surface area contributed by atoms with Crippen LogP contribution in [0.25, 0.3) is 0 Å². The van der Waals surface area contributed by atoms with Crippen molar-refractivity contribution in [2.75, 3.05) is 0 Å². The summed E-state index contributed by atoms with van der Waals surface area (Å²) < 4.78 is 6.50. The average Bonchev–Trinajstić information content (AvgIpc) is 3.28. The molecule has 0 saturated heterocycles. The van der Waals surface area contributed by atoms with Gasteiger partial charge in [-0.3, -0.25) is 20.0 Å². The predicted molar refractivity (Wildman–Crippen MR) is 250 cm³/mol. The second-order valence-corrected chi connectivity index (χ2v) is 22.6. The summed E-state index contributed by atoms with van der Waals surface area (Å²) in [6, 6.07) is 25.9. The van der Waals surface area contributed by atoms with Gasteiger partial charge in [0.1, 0.15) is 0 Å². The van der Waals surface area contributed by atoms with Gasteiger partial charge < -0.3 is 30.0 Å². The molecule has 0 aliphatic carbocycles. The summed E-state index contributed by atoms with van der Waals surface area (Å²) in [6.07, 6.45) is 18.2. The Morgan fingerprint density at radius 2 is 0.871 bits per heavy atom. The summed E-state index contributed by atoms with van der Waals surface area (Å²) in [5.74, 6) is -2.81. The van der Waals surface area contributed by atoms with E-state index in [9.17, 15) is 30.0 Å². The van der Waals surface area contributed by atoms with E-state index < -0.39 is 11.9 Å². The Hall–Kier alpha value is -4.56. The summed E-state index contributed by atoms with van der Waals surface area (Å²) >= 11 is 0.299. The van der Waals surface area contributed by atoms with Gasteiger partial charge in [0.2, 0.25) is 0 Å². The summed E-state index contributed by atoms with van der Waals surface area (Å²) in [6.45, 7) is 13.0. The number of aryl methyl sites for hydroxylation is 2. The summed E-state index contributed by atoms with van der Waals surface area (Å²) in [7, 11) is 0. The van der Waals surface area contributed by atoms with E-state index in [2.05, 4.69) is 47.6 Å². The Balaban J connectivity index is 0.000000397. The second-order valence-electron chi connectivity index (χ2n) is 14.0. The van der Waals surface area contributed by atoms with E-state index in [0.29, 0.717) is 11.4 Å². The van der Waals surface area contributed by atoms with Gasteiger partial charge >= 0.3 is 139 Å². The molecule has 2 aromatic heterocycles. The number of benzene rings is 3. The van der Waals surface area contributed by atoms with E-state index in [1.165, 1.54) is 63.5 Å². The van der Waals surface area contributed by atoms with Crippen LogP contribution in [-0.2, 0) is 0 Å². The average molecular weight is 1050 g/mol. The molecule has 0 spiro atoms. The molecule has 326 valence electrons. The molecule has 2 heterocycles. The van der Waals surface area contributed by atoms with Gasteiger partial charge in [0.05, 0.1) is 47.1 Å². The molecule has 3 aromatic carbocycles. The number of hydrogen-bond acceptors (Lipinski definition) is 10. The zero-order chi connectivity index (χ0) is 45.8. The van der Waals surface area contributed by atoms with Crippen molar-refractivity contribution >= 4 is 78.0 Å². The minimum atomic E-state index is -1.33. The van der Waals surface area contributed by atoms with Crippen molar-refractivity contribution in [3.8, 4) is 11.5 Å². The molecule has 0 aliphatic heterocycles. The van der Waals surface area contributed by atoms with Crippen molar-refractivity contribution in [3.05, 3.63) is 143 Å². The minimum Gasteiger partial charge on any atom is -0.871 e. The molecule has 0 atom stereocenters. The first-order valence-electron chi connectivity index (χ1n) is 21.3. The number of aromatic carboxylic acids is 2. The van der Waals surface area contributed by atoms with Crippen molar-refractivity contribution in [1.29, 1.82) is 0 Å². The van der Waals surface area contributed by atoms with Crippen LogP contribution in [0.4, 0.5) is 11.4 Å². The SMILES string of the molecule is CCC[CH2][Sn+2][CH2]CCC.CCC[CH2][Sn+2][CH2]CCC.Cc1ccc([O-])c(N=Cc2ccccn2)c1.Cc1ccc([O-])c(N=Cc2ccccn2)c1.O=C([O-])c1ccc(C(=O)[O-])cc1. The number of pyridine rings is 2. The van der Waals surface area contributed by atoms with Crippen LogP contribution in [0.2, 0.25) is 17.7 Å². The van der Waals surface area contributed by atoms with E-state index in [0.717, 1.165) is 46.8 Å². The van der Waals surface area contributed by atoms with Gasteiger partial charge in [-0.25, -0.2) is 0 Å².